The van der Waals surface area contributed by atoms with Gasteiger partial charge in [-0.2, -0.15) is 0 Å². The number of aliphatic hydroxyl groups excluding tert-OH is 1. The van der Waals surface area contributed by atoms with E-state index in [4.69, 9.17) is 14.2 Å². The van der Waals surface area contributed by atoms with E-state index in [0.29, 0.717) is 25.0 Å². The van der Waals surface area contributed by atoms with E-state index in [1.165, 1.54) is 6.42 Å². The predicted molar refractivity (Wildman–Crippen MR) is 105 cm³/mol. The zero-order valence-electron chi connectivity index (χ0n) is 16.9. The molecule has 3 fully saturated rings. The average molecular weight is 391 g/mol. The summed E-state index contributed by atoms with van der Waals surface area (Å²) in [5.41, 5.74) is 0. The highest BCUT2D eigenvalue weighted by Gasteiger charge is 2.51. The number of hydrogen-bond donors (Lipinski definition) is 1. The zero-order valence-corrected chi connectivity index (χ0v) is 16.9. The van der Waals surface area contributed by atoms with E-state index in [2.05, 4.69) is 18.7 Å². The van der Waals surface area contributed by atoms with Gasteiger partial charge >= 0.3 is 5.97 Å². The molecule has 0 amide bonds. The molecule has 4 aliphatic rings. The highest BCUT2D eigenvalue weighted by atomic mass is 16.7. The third kappa shape index (κ3) is 3.69. The third-order valence-corrected chi connectivity index (χ3v) is 7.30. The Kier molecular flexibility index (Phi) is 5.96. The quantitative estimate of drug-likeness (QED) is 0.531. The highest BCUT2D eigenvalue weighted by Crippen LogP contribution is 2.48. The molecule has 2 bridgehead atoms. The van der Waals surface area contributed by atoms with E-state index in [1.54, 1.807) is 13.0 Å². The molecule has 4 rings (SSSR count). The fraction of sp³-hybridized carbons (Fsp3) is 0.783. The number of hydrogen-bond acceptors (Lipinski definition) is 5. The summed E-state index contributed by atoms with van der Waals surface area (Å²) in [5, 5.41) is 11.3. The molecule has 1 saturated heterocycles. The Morgan fingerprint density at radius 2 is 2.11 bits per heavy atom. The predicted octanol–water partition coefficient (Wildman–Crippen LogP) is 3.62. The Morgan fingerprint density at radius 3 is 2.71 bits per heavy atom. The van der Waals surface area contributed by atoms with Crippen molar-refractivity contribution in [2.45, 2.75) is 69.9 Å². The van der Waals surface area contributed by atoms with Gasteiger partial charge in [-0.3, -0.25) is 4.79 Å². The molecule has 3 aliphatic carbocycles. The number of rotatable bonds is 7. The van der Waals surface area contributed by atoms with Gasteiger partial charge < -0.3 is 19.3 Å². The number of esters is 1. The second-order valence-corrected chi connectivity index (χ2v) is 8.96. The number of allylic oxidation sites excluding steroid dienone is 2. The van der Waals surface area contributed by atoms with Crippen LogP contribution in [0.25, 0.3) is 0 Å². The van der Waals surface area contributed by atoms with Gasteiger partial charge in [-0.15, -0.1) is 6.58 Å². The Balaban J connectivity index is 1.53. The van der Waals surface area contributed by atoms with Crippen LogP contribution in [0.1, 0.15) is 51.9 Å². The van der Waals surface area contributed by atoms with Gasteiger partial charge in [0.05, 0.1) is 31.3 Å². The summed E-state index contributed by atoms with van der Waals surface area (Å²) in [5.74, 6) is -0.860. The summed E-state index contributed by atoms with van der Waals surface area (Å²) < 4.78 is 17.9. The van der Waals surface area contributed by atoms with Crippen molar-refractivity contribution in [3.8, 4) is 0 Å². The van der Waals surface area contributed by atoms with Gasteiger partial charge in [0, 0.05) is 18.8 Å². The van der Waals surface area contributed by atoms with E-state index >= 15 is 0 Å². The molecular weight excluding hydrogens is 356 g/mol. The molecule has 5 heteroatoms. The zero-order chi connectivity index (χ0) is 19.7. The smallest absolute Gasteiger partial charge is 0.312 e. The highest BCUT2D eigenvalue weighted by molar-refractivity contribution is 5.74. The van der Waals surface area contributed by atoms with Crippen LogP contribution in [0.3, 0.4) is 0 Å². The van der Waals surface area contributed by atoms with E-state index in [0.717, 1.165) is 38.5 Å². The molecule has 0 radical (unpaired) electrons. The topological polar surface area (TPSA) is 65.0 Å². The van der Waals surface area contributed by atoms with Gasteiger partial charge in [0.15, 0.2) is 5.79 Å². The third-order valence-electron chi connectivity index (χ3n) is 7.30. The molecule has 7 atom stereocenters. The van der Waals surface area contributed by atoms with Gasteiger partial charge in [-0.25, -0.2) is 0 Å². The normalized spacial score (nSPS) is 36.4. The minimum absolute atomic E-state index is 0.0952. The van der Waals surface area contributed by atoms with Crippen molar-refractivity contribution in [1.82, 2.24) is 0 Å². The van der Waals surface area contributed by atoms with Crippen molar-refractivity contribution in [1.29, 1.82) is 0 Å². The summed E-state index contributed by atoms with van der Waals surface area (Å²) in [4.78, 5) is 12.9. The molecule has 2 saturated carbocycles. The lowest BCUT2D eigenvalue weighted by Gasteiger charge is -2.36. The first-order valence-electron chi connectivity index (χ1n) is 11.0. The second-order valence-electron chi connectivity index (χ2n) is 8.96. The van der Waals surface area contributed by atoms with E-state index < -0.39 is 17.8 Å². The maximum absolute atomic E-state index is 12.9. The molecule has 5 nitrogen and oxygen atoms in total. The molecule has 0 aromatic carbocycles. The Bertz CT molecular complexity index is 608. The average Bonchev–Trinajstić information content (AvgIpc) is 3.43. The Hall–Kier alpha value is -1.17. The number of carbonyl (C=O) groups excluding carboxylic acids is 1. The van der Waals surface area contributed by atoms with Crippen LogP contribution in [0.15, 0.2) is 24.8 Å². The van der Waals surface area contributed by atoms with Crippen molar-refractivity contribution >= 4 is 5.97 Å². The summed E-state index contributed by atoms with van der Waals surface area (Å²) in [6.45, 7) is 6.53. The Labute approximate surface area is 168 Å². The lowest BCUT2D eigenvalue weighted by molar-refractivity contribution is -0.195. The first kappa shape index (κ1) is 20.1. The summed E-state index contributed by atoms with van der Waals surface area (Å²) >= 11 is 0. The van der Waals surface area contributed by atoms with Crippen LogP contribution in [0, 0.1) is 29.6 Å². The molecule has 1 N–H and O–H groups in total. The Morgan fingerprint density at radius 1 is 1.32 bits per heavy atom. The fourth-order valence-electron chi connectivity index (χ4n) is 5.89. The molecule has 0 unspecified atom stereocenters. The number of ether oxygens (including phenoxy) is 3. The molecule has 1 heterocycles. The van der Waals surface area contributed by atoms with Crippen LogP contribution in [0.5, 0.6) is 0 Å². The van der Waals surface area contributed by atoms with Gasteiger partial charge in [-0.05, 0) is 50.4 Å². The lowest BCUT2D eigenvalue weighted by atomic mass is 9.75. The van der Waals surface area contributed by atoms with Crippen LogP contribution in [-0.2, 0) is 19.0 Å². The maximum Gasteiger partial charge on any atom is 0.312 e. The van der Waals surface area contributed by atoms with Gasteiger partial charge in [0.2, 0.25) is 0 Å². The molecule has 28 heavy (non-hydrogen) atoms. The van der Waals surface area contributed by atoms with Crippen molar-refractivity contribution in [2.24, 2.45) is 29.6 Å². The van der Waals surface area contributed by atoms with E-state index in [-0.39, 0.29) is 23.9 Å². The first-order valence-corrected chi connectivity index (χ1v) is 11.0. The second kappa shape index (κ2) is 8.29. The van der Waals surface area contributed by atoms with Crippen molar-refractivity contribution in [3.05, 3.63) is 24.8 Å². The van der Waals surface area contributed by atoms with Crippen LogP contribution in [-0.4, -0.2) is 42.3 Å². The minimum atomic E-state index is -0.756. The van der Waals surface area contributed by atoms with Crippen LogP contribution in [0.2, 0.25) is 0 Å². The van der Waals surface area contributed by atoms with Gasteiger partial charge in [0.25, 0.3) is 0 Å². The van der Waals surface area contributed by atoms with Crippen molar-refractivity contribution < 1.29 is 24.1 Å². The summed E-state index contributed by atoms with van der Waals surface area (Å²) in [6, 6.07) is 0. The molecule has 1 aliphatic heterocycles. The van der Waals surface area contributed by atoms with Gasteiger partial charge in [-0.1, -0.05) is 24.6 Å². The van der Waals surface area contributed by atoms with E-state index in [9.17, 15) is 9.90 Å². The largest absolute Gasteiger partial charge is 0.466 e. The number of aliphatic hydroxyl groups is 1. The van der Waals surface area contributed by atoms with Crippen molar-refractivity contribution in [2.75, 3.05) is 13.2 Å². The first-order chi connectivity index (χ1) is 13.6. The number of fused-ring (bicyclic) bond motifs is 2. The molecule has 0 aromatic heterocycles. The standard InChI is InChI=1S/C23H34O5/c1-3-17(19-14-27-23(28-19)10-6-5-7-11-23)20(22(25)26-4-2)21(24)18-13-15-8-9-16(18)12-15/h3,8-9,15-21,24H,1,4-7,10-14H2,2H3/t15-,16+,17+,18-,19-,20+,21-/m0/s1. The minimum Gasteiger partial charge on any atom is -0.466 e. The maximum atomic E-state index is 12.9. The SMILES string of the molecule is C=C[C@@H]([C@@H](C(=O)OCC)[C@@H](O)[C@H]1C[C@H]2C=C[C@@H]1C2)[C@@H]1COC2(CCCCC2)O1. The molecule has 0 aromatic rings. The van der Waals surface area contributed by atoms with Gasteiger partial charge in [0.1, 0.15) is 0 Å². The molecule has 156 valence electrons. The number of carbonyl (C=O) groups is 1. The van der Waals surface area contributed by atoms with Crippen LogP contribution in [0.4, 0.5) is 0 Å². The fourth-order valence-corrected chi connectivity index (χ4v) is 5.89. The summed E-state index contributed by atoms with van der Waals surface area (Å²) in [6.07, 6.45) is 12.4. The van der Waals surface area contributed by atoms with E-state index in [1.807, 2.05) is 0 Å². The molecule has 1 spiro atoms. The van der Waals surface area contributed by atoms with Crippen LogP contribution < -0.4 is 0 Å². The lowest BCUT2D eigenvalue weighted by Crippen LogP contribution is -2.45. The van der Waals surface area contributed by atoms with Crippen molar-refractivity contribution in [3.63, 3.8) is 0 Å². The summed E-state index contributed by atoms with van der Waals surface area (Å²) in [7, 11) is 0. The van der Waals surface area contributed by atoms with Crippen LogP contribution >= 0.6 is 0 Å². The monoisotopic (exact) mass is 390 g/mol. The molecular formula is C23H34O5.